The molecule has 0 saturated heterocycles. The molecule has 3 rings (SSSR count). The molecular weight excluding hydrogens is 400 g/mol. The van der Waals surface area contributed by atoms with Gasteiger partial charge in [-0.05, 0) is 24.3 Å². The zero-order valence-electron chi connectivity index (χ0n) is 15.5. The molecule has 0 bridgehead atoms. The maximum absolute atomic E-state index is 12.8. The van der Waals surface area contributed by atoms with E-state index in [1.54, 1.807) is 28.8 Å². The van der Waals surface area contributed by atoms with Crippen LogP contribution in [0.3, 0.4) is 0 Å². The Balaban J connectivity index is 2.22. The van der Waals surface area contributed by atoms with Crippen molar-refractivity contribution in [1.29, 1.82) is 0 Å². The number of terminal acetylenes is 1. The molecule has 0 unspecified atom stereocenters. The summed E-state index contributed by atoms with van der Waals surface area (Å²) in [6.07, 6.45) is 5.49. The van der Waals surface area contributed by atoms with Crippen molar-refractivity contribution in [3.05, 3.63) is 41.2 Å². The number of sulfonamides is 1. The number of methoxy groups -OCH3 is 3. The van der Waals surface area contributed by atoms with E-state index in [0.29, 0.717) is 22.8 Å². The van der Waals surface area contributed by atoms with Gasteiger partial charge in [0.05, 0.1) is 43.0 Å². The van der Waals surface area contributed by atoms with Gasteiger partial charge in [0, 0.05) is 12.1 Å². The number of benzene rings is 2. The van der Waals surface area contributed by atoms with E-state index in [1.807, 2.05) is 0 Å². The standard InChI is InChI=1S/C19H18N2O5S2/c1-5-10-21-15-11-16(25-3)17(26-4)12-18(15)27-19(21)20-28(22,23)14-8-6-13(24-2)7-9-14/h1,6-9,11-12H,10H2,2-4H3. The van der Waals surface area contributed by atoms with Crippen molar-refractivity contribution in [2.24, 2.45) is 4.40 Å². The highest BCUT2D eigenvalue weighted by Crippen LogP contribution is 2.33. The summed E-state index contributed by atoms with van der Waals surface area (Å²) in [7, 11) is 0.643. The van der Waals surface area contributed by atoms with Gasteiger partial charge < -0.3 is 18.8 Å². The molecule has 7 nitrogen and oxygen atoms in total. The van der Waals surface area contributed by atoms with Crippen LogP contribution < -0.4 is 19.0 Å². The molecule has 146 valence electrons. The second-order valence-corrected chi connectivity index (χ2v) is 8.20. The molecule has 28 heavy (non-hydrogen) atoms. The lowest BCUT2D eigenvalue weighted by Gasteiger charge is -2.08. The fourth-order valence-electron chi connectivity index (χ4n) is 2.61. The van der Waals surface area contributed by atoms with Crippen molar-refractivity contribution in [1.82, 2.24) is 4.57 Å². The minimum Gasteiger partial charge on any atom is -0.497 e. The molecular formula is C19H18N2O5S2. The number of hydrogen-bond donors (Lipinski definition) is 0. The quantitative estimate of drug-likeness (QED) is 0.575. The van der Waals surface area contributed by atoms with E-state index in [2.05, 4.69) is 10.3 Å². The van der Waals surface area contributed by atoms with Gasteiger partial charge in [-0.3, -0.25) is 0 Å². The van der Waals surface area contributed by atoms with Crippen molar-refractivity contribution in [3.63, 3.8) is 0 Å². The fraction of sp³-hybridized carbons (Fsp3) is 0.211. The van der Waals surface area contributed by atoms with Gasteiger partial charge in [-0.2, -0.15) is 8.42 Å². The summed E-state index contributed by atoms with van der Waals surface area (Å²) in [6, 6.07) is 9.55. The maximum Gasteiger partial charge on any atom is 0.285 e. The van der Waals surface area contributed by atoms with Crippen molar-refractivity contribution in [3.8, 4) is 29.6 Å². The Hall–Kier alpha value is -2.96. The van der Waals surface area contributed by atoms with Crippen LogP contribution in [-0.4, -0.2) is 34.3 Å². The van der Waals surface area contributed by atoms with E-state index in [9.17, 15) is 8.42 Å². The summed E-state index contributed by atoms with van der Waals surface area (Å²) < 4.78 is 47.7. The smallest absolute Gasteiger partial charge is 0.285 e. The molecule has 0 N–H and O–H groups in total. The number of hydrogen-bond acceptors (Lipinski definition) is 6. The average molecular weight is 418 g/mol. The third-order valence-corrected chi connectivity index (χ3v) is 6.43. The van der Waals surface area contributed by atoms with Crippen LogP contribution in [0.2, 0.25) is 0 Å². The van der Waals surface area contributed by atoms with Gasteiger partial charge in [-0.25, -0.2) is 0 Å². The van der Waals surface area contributed by atoms with Gasteiger partial charge in [0.25, 0.3) is 10.0 Å². The lowest BCUT2D eigenvalue weighted by atomic mass is 10.3. The largest absolute Gasteiger partial charge is 0.497 e. The number of fused-ring (bicyclic) bond motifs is 1. The molecule has 0 aliphatic carbocycles. The van der Waals surface area contributed by atoms with Crippen molar-refractivity contribution < 1.29 is 22.6 Å². The van der Waals surface area contributed by atoms with Crippen LogP contribution in [0.4, 0.5) is 0 Å². The van der Waals surface area contributed by atoms with Crippen LogP contribution in [0.1, 0.15) is 0 Å². The molecule has 0 saturated carbocycles. The summed E-state index contributed by atoms with van der Waals surface area (Å²) in [5, 5.41) is 0. The van der Waals surface area contributed by atoms with Gasteiger partial charge >= 0.3 is 0 Å². The molecule has 3 aromatic rings. The zero-order chi connectivity index (χ0) is 20.3. The molecule has 0 spiro atoms. The highest BCUT2D eigenvalue weighted by Gasteiger charge is 2.16. The minimum absolute atomic E-state index is 0.0631. The highest BCUT2D eigenvalue weighted by molar-refractivity contribution is 7.90. The van der Waals surface area contributed by atoms with Gasteiger partial charge in [0.1, 0.15) is 5.75 Å². The minimum atomic E-state index is -3.93. The van der Waals surface area contributed by atoms with Crippen molar-refractivity contribution in [2.45, 2.75) is 11.4 Å². The molecule has 1 aromatic heterocycles. The first-order valence-electron chi connectivity index (χ1n) is 8.07. The van der Waals surface area contributed by atoms with E-state index in [1.165, 1.54) is 44.8 Å². The normalized spacial score (nSPS) is 12.0. The Kier molecular flexibility index (Phi) is 5.63. The Labute approximate surface area is 166 Å². The monoisotopic (exact) mass is 418 g/mol. The summed E-state index contributed by atoms with van der Waals surface area (Å²) in [5.74, 6) is 4.15. The first kappa shape index (κ1) is 19.8. The number of nitrogens with zero attached hydrogens (tertiary/aromatic N) is 2. The lowest BCUT2D eigenvalue weighted by molar-refractivity contribution is 0.355. The molecule has 1 heterocycles. The van der Waals surface area contributed by atoms with Crippen LogP contribution in [-0.2, 0) is 16.6 Å². The molecule has 0 fully saturated rings. The van der Waals surface area contributed by atoms with Crippen molar-refractivity contribution in [2.75, 3.05) is 21.3 Å². The van der Waals surface area contributed by atoms with Crippen molar-refractivity contribution >= 4 is 31.6 Å². The van der Waals surface area contributed by atoms with Crippen LogP contribution >= 0.6 is 11.3 Å². The predicted molar refractivity (Wildman–Crippen MR) is 107 cm³/mol. The summed E-state index contributed by atoms with van der Waals surface area (Å²) in [6.45, 7) is 0.159. The second-order valence-electron chi connectivity index (χ2n) is 5.59. The Bertz CT molecular complexity index is 1220. The van der Waals surface area contributed by atoms with E-state index >= 15 is 0 Å². The third kappa shape index (κ3) is 3.69. The van der Waals surface area contributed by atoms with Crippen LogP contribution in [0.5, 0.6) is 17.2 Å². The zero-order valence-corrected chi connectivity index (χ0v) is 17.1. The Morgan fingerprint density at radius 2 is 1.71 bits per heavy atom. The molecule has 0 aliphatic heterocycles. The summed E-state index contributed by atoms with van der Waals surface area (Å²) in [4.78, 5) is 0.326. The van der Waals surface area contributed by atoms with E-state index in [4.69, 9.17) is 20.6 Å². The predicted octanol–water partition coefficient (Wildman–Crippen LogP) is 2.65. The lowest BCUT2D eigenvalue weighted by Crippen LogP contribution is -2.16. The molecule has 0 radical (unpaired) electrons. The average Bonchev–Trinajstić information content (AvgIpc) is 3.02. The van der Waals surface area contributed by atoms with E-state index in [0.717, 1.165) is 4.70 Å². The molecule has 9 heteroatoms. The number of aromatic nitrogens is 1. The Morgan fingerprint density at radius 3 is 2.29 bits per heavy atom. The molecule has 0 aliphatic rings. The van der Waals surface area contributed by atoms with E-state index < -0.39 is 10.0 Å². The van der Waals surface area contributed by atoms with Gasteiger partial charge in [-0.1, -0.05) is 17.3 Å². The van der Waals surface area contributed by atoms with E-state index in [-0.39, 0.29) is 16.2 Å². The summed E-state index contributed by atoms with van der Waals surface area (Å²) >= 11 is 1.20. The first-order valence-corrected chi connectivity index (χ1v) is 10.3. The Morgan fingerprint density at radius 1 is 1.07 bits per heavy atom. The van der Waals surface area contributed by atoms with Crippen LogP contribution in [0.25, 0.3) is 10.2 Å². The van der Waals surface area contributed by atoms with Crippen LogP contribution in [0.15, 0.2) is 45.7 Å². The summed E-state index contributed by atoms with van der Waals surface area (Å²) in [5.41, 5.74) is 0.712. The van der Waals surface area contributed by atoms with Crippen LogP contribution in [0, 0.1) is 12.3 Å². The molecule has 0 atom stereocenters. The van der Waals surface area contributed by atoms with Gasteiger partial charge in [0.15, 0.2) is 11.5 Å². The second kappa shape index (κ2) is 7.96. The number of ether oxygens (including phenoxy) is 3. The molecule has 0 amide bonds. The number of rotatable bonds is 6. The topological polar surface area (TPSA) is 79.1 Å². The maximum atomic E-state index is 12.8. The van der Waals surface area contributed by atoms with Gasteiger partial charge in [0.2, 0.25) is 4.80 Å². The first-order chi connectivity index (χ1) is 13.4. The highest BCUT2D eigenvalue weighted by atomic mass is 32.2. The SMILES string of the molecule is C#CCn1c(=NS(=O)(=O)c2ccc(OC)cc2)sc2cc(OC)c(OC)cc21. The molecule has 2 aromatic carbocycles. The fourth-order valence-corrected chi connectivity index (χ4v) is 4.86. The number of thiazole rings is 1. The third-order valence-electron chi connectivity index (χ3n) is 3.99. The van der Waals surface area contributed by atoms with Gasteiger partial charge in [-0.15, -0.1) is 10.8 Å².